The number of rotatable bonds is 9. The number of nitrogens with one attached hydrogen (secondary N) is 3. The van der Waals surface area contributed by atoms with Gasteiger partial charge in [-0.25, -0.2) is 15.0 Å². The summed E-state index contributed by atoms with van der Waals surface area (Å²) in [6.07, 6.45) is 2.80. The molecule has 2 atom stereocenters. The Balaban J connectivity index is 1.48. The van der Waals surface area contributed by atoms with Crippen molar-refractivity contribution in [1.29, 1.82) is 0 Å². The third kappa shape index (κ3) is 5.53. The maximum absolute atomic E-state index is 13.0. The zero-order chi connectivity index (χ0) is 25.9. The van der Waals surface area contributed by atoms with Gasteiger partial charge in [0.2, 0.25) is 0 Å². The molecule has 0 aliphatic carbocycles. The molecule has 0 bridgehead atoms. The van der Waals surface area contributed by atoms with E-state index < -0.39 is 6.04 Å². The van der Waals surface area contributed by atoms with Crippen LogP contribution in [0.3, 0.4) is 0 Å². The first-order chi connectivity index (χ1) is 17.9. The van der Waals surface area contributed by atoms with E-state index in [0.29, 0.717) is 57.7 Å². The van der Waals surface area contributed by atoms with Crippen molar-refractivity contribution < 1.29 is 14.3 Å². The summed E-state index contributed by atoms with van der Waals surface area (Å²) in [7, 11) is 0. The summed E-state index contributed by atoms with van der Waals surface area (Å²) >= 11 is 12.7. The van der Waals surface area contributed by atoms with E-state index in [2.05, 4.69) is 25.6 Å². The van der Waals surface area contributed by atoms with E-state index in [1.54, 1.807) is 31.2 Å². The van der Waals surface area contributed by atoms with Crippen molar-refractivity contribution in [1.82, 2.24) is 25.3 Å². The van der Waals surface area contributed by atoms with Gasteiger partial charge in [-0.15, -0.1) is 0 Å². The number of ether oxygens (including phenoxy) is 1. The third-order valence-electron chi connectivity index (χ3n) is 6.47. The predicted molar refractivity (Wildman–Crippen MR) is 143 cm³/mol. The number of H-pyrrole nitrogens is 1. The molecule has 37 heavy (non-hydrogen) atoms. The van der Waals surface area contributed by atoms with Gasteiger partial charge in [0.15, 0.2) is 5.78 Å². The van der Waals surface area contributed by atoms with Gasteiger partial charge < -0.3 is 20.4 Å². The lowest BCUT2D eigenvalue weighted by atomic mass is 9.96. The standard InChI is InChI=1S/C26H26Cl2N6O3/c1-2-37-23(35)6-5-20(26-32-19-4-3-15(27)9-22(19)34-26)33-25-17-10-18(28)16(11-21(17)30-13-31-25)24(36)14-7-8-29-12-14/h3-4,9-11,13-14,20,29H,2,5-8,12H2,1H3,(H,32,34)(H,30,31,33)/t14?,20-/m0/s1. The first-order valence-electron chi connectivity index (χ1n) is 12.2. The number of esters is 1. The fourth-order valence-electron chi connectivity index (χ4n) is 4.58. The molecule has 4 aromatic rings. The number of aromatic amines is 1. The van der Waals surface area contributed by atoms with Gasteiger partial charge in [0.05, 0.1) is 34.2 Å². The fraction of sp³-hybridized carbons (Fsp3) is 0.346. The molecule has 0 radical (unpaired) electrons. The molecule has 2 aromatic heterocycles. The predicted octanol–water partition coefficient (Wildman–Crippen LogP) is 5.10. The zero-order valence-corrected chi connectivity index (χ0v) is 21.7. The fourth-order valence-corrected chi connectivity index (χ4v) is 5.01. The van der Waals surface area contributed by atoms with Crippen LogP contribution in [0.5, 0.6) is 0 Å². The maximum atomic E-state index is 13.0. The topological polar surface area (TPSA) is 122 Å². The second-order valence-corrected chi connectivity index (χ2v) is 9.79. The van der Waals surface area contributed by atoms with E-state index in [1.807, 2.05) is 6.07 Å². The molecule has 9 nitrogen and oxygen atoms in total. The molecule has 0 saturated carbocycles. The highest BCUT2D eigenvalue weighted by Gasteiger charge is 2.26. The molecule has 11 heteroatoms. The molecule has 0 spiro atoms. The van der Waals surface area contributed by atoms with Gasteiger partial charge in [-0.3, -0.25) is 9.59 Å². The number of Topliss-reactive ketones (excluding diaryl/α,β-unsaturated/α-hetero) is 1. The van der Waals surface area contributed by atoms with Gasteiger partial charge in [-0.2, -0.15) is 0 Å². The smallest absolute Gasteiger partial charge is 0.305 e. The molecular formula is C26H26Cl2N6O3. The van der Waals surface area contributed by atoms with Crippen LogP contribution in [-0.4, -0.2) is 51.4 Å². The van der Waals surface area contributed by atoms with Crippen LogP contribution >= 0.6 is 23.2 Å². The van der Waals surface area contributed by atoms with E-state index in [0.717, 1.165) is 24.0 Å². The number of hydrogen-bond donors (Lipinski definition) is 3. The van der Waals surface area contributed by atoms with Crippen molar-refractivity contribution in [2.24, 2.45) is 5.92 Å². The van der Waals surface area contributed by atoms with Gasteiger partial charge in [-0.05, 0) is 56.6 Å². The van der Waals surface area contributed by atoms with Crippen LogP contribution in [0.15, 0.2) is 36.7 Å². The molecule has 5 rings (SSSR count). The molecule has 1 aliphatic rings. The Bertz CT molecular complexity index is 1470. The second kappa shape index (κ2) is 11.0. The molecule has 1 aliphatic heterocycles. The molecule has 3 N–H and O–H groups in total. The number of benzene rings is 2. The number of carbonyl (C=O) groups is 2. The van der Waals surface area contributed by atoms with Crippen molar-refractivity contribution in [2.75, 3.05) is 25.0 Å². The highest BCUT2D eigenvalue weighted by molar-refractivity contribution is 6.35. The normalized spacial score (nSPS) is 16.2. The molecule has 1 fully saturated rings. The van der Waals surface area contributed by atoms with Crippen LogP contribution in [0.25, 0.3) is 21.9 Å². The molecule has 192 valence electrons. The Morgan fingerprint density at radius 2 is 2.05 bits per heavy atom. The first kappa shape index (κ1) is 25.4. The first-order valence-corrected chi connectivity index (χ1v) is 12.9. The summed E-state index contributed by atoms with van der Waals surface area (Å²) in [5.41, 5.74) is 2.59. The minimum atomic E-state index is -0.404. The summed E-state index contributed by atoms with van der Waals surface area (Å²) in [5.74, 6) is 0.760. The van der Waals surface area contributed by atoms with E-state index in [1.165, 1.54) is 6.33 Å². The van der Waals surface area contributed by atoms with E-state index in [9.17, 15) is 9.59 Å². The third-order valence-corrected chi connectivity index (χ3v) is 7.01. The van der Waals surface area contributed by atoms with Gasteiger partial charge in [0.25, 0.3) is 0 Å². The van der Waals surface area contributed by atoms with Crippen molar-refractivity contribution in [3.63, 3.8) is 0 Å². The number of fused-ring (bicyclic) bond motifs is 2. The highest BCUT2D eigenvalue weighted by atomic mass is 35.5. The summed E-state index contributed by atoms with van der Waals surface area (Å²) in [6.45, 7) is 3.55. The van der Waals surface area contributed by atoms with E-state index >= 15 is 0 Å². The lowest BCUT2D eigenvalue weighted by molar-refractivity contribution is -0.143. The quantitative estimate of drug-likeness (QED) is 0.198. The molecule has 1 saturated heterocycles. The Kier molecular flexibility index (Phi) is 7.55. The largest absolute Gasteiger partial charge is 0.466 e. The van der Waals surface area contributed by atoms with Crippen molar-refractivity contribution in [3.8, 4) is 0 Å². The average Bonchev–Trinajstić information content (AvgIpc) is 3.56. The average molecular weight is 541 g/mol. The number of hydrogen-bond acceptors (Lipinski definition) is 8. The molecular weight excluding hydrogens is 515 g/mol. The molecule has 1 unspecified atom stereocenters. The highest BCUT2D eigenvalue weighted by Crippen LogP contribution is 2.32. The van der Waals surface area contributed by atoms with Crippen LogP contribution in [-0.2, 0) is 9.53 Å². The minimum Gasteiger partial charge on any atom is -0.466 e. The number of carbonyl (C=O) groups excluding carboxylic acids is 2. The Morgan fingerprint density at radius 3 is 2.84 bits per heavy atom. The summed E-state index contributed by atoms with van der Waals surface area (Å²) < 4.78 is 5.12. The zero-order valence-electron chi connectivity index (χ0n) is 20.2. The number of imidazole rings is 1. The van der Waals surface area contributed by atoms with Gasteiger partial charge >= 0.3 is 5.97 Å². The van der Waals surface area contributed by atoms with E-state index in [-0.39, 0.29) is 24.1 Å². The van der Waals surface area contributed by atoms with Crippen molar-refractivity contribution >= 4 is 62.7 Å². The summed E-state index contributed by atoms with van der Waals surface area (Å²) in [4.78, 5) is 42.0. The number of ketones is 1. The van der Waals surface area contributed by atoms with Gasteiger partial charge in [-0.1, -0.05) is 23.2 Å². The molecule has 2 aromatic carbocycles. The number of nitrogens with zero attached hydrogens (tertiary/aromatic N) is 3. The maximum Gasteiger partial charge on any atom is 0.305 e. The summed E-state index contributed by atoms with van der Waals surface area (Å²) in [5, 5.41) is 8.22. The Hall–Kier alpha value is -3.27. The van der Waals surface area contributed by atoms with Gasteiger partial charge in [0, 0.05) is 34.9 Å². The number of aromatic nitrogens is 4. The van der Waals surface area contributed by atoms with E-state index in [4.69, 9.17) is 32.9 Å². The monoisotopic (exact) mass is 540 g/mol. The van der Waals surface area contributed by atoms with Crippen LogP contribution < -0.4 is 10.6 Å². The van der Waals surface area contributed by atoms with Crippen LogP contribution in [0, 0.1) is 5.92 Å². The minimum absolute atomic E-state index is 0.0123. The lowest BCUT2D eigenvalue weighted by Crippen LogP contribution is -2.18. The van der Waals surface area contributed by atoms with Crippen LogP contribution in [0.2, 0.25) is 10.0 Å². The Morgan fingerprint density at radius 1 is 1.19 bits per heavy atom. The van der Waals surface area contributed by atoms with Gasteiger partial charge in [0.1, 0.15) is 18.0 Å². The van der Waals surface area contributed by atoms with Crippen molar-refractivity contribution in [3.05, 3.63) is 58.1 Å². The van der Waals surface area contributed by atoms with Crippen LogP contribution in [0.4, 0.5) is 5.82 Å². The second-order valence-electron chi connectivity index (χ2n) is 8.95. The summed E-state index contributed by atoms with van der Waals surface area (Å²) in [6, 6.07) is 8.44. The Labute approximate surface area is 223 Å². The van der Waals surface area contributed by atoms with Crippen molar-refractivity contribution in [2.45, 2.75) is 32.2 Å². The lowest BCUT2D eigenvalue weighted by Gasteiger charge is -2.18. The van der Waals surface area contributed by atoms with Crippen LogP contribution in [0.1, 0.15) is 48.4 Å². The molecule has 3 heterocycles. The SMILES string of the molecule is CCOC(=O)CC[C@H](Nc1ncnc2cc(C(=O)C3CCNC3)c(Cl)cc12)c1nc2ccc(Cl)cc2[nH]1. The number of halogens is 2. The molecule has 0 amide bonds. The number of anilines is 1.